The van der Waals surface area contributed by atoms with Crippen LogP contribution in [0.25, 0.3) is 22.2 Å². The molecule has 2 aromatic carbocycles. The first kappa shape index (κ1) is 33.9. The van der Waals surface area contributed by atoms with Crippen molar-refractivity contribution in [2.24, 2.45) is 0 Å². The lowest BCUT2D eigenvalue weighted by atomic mass is 10.0. The molecule has 0 saturated carbocycles. The van der Waals surface area contributed by atoms with Gasteiger partial charge in [0.25, 0.3) is 5.91 Å². The fourth-order valence-corrected chi connectivity index (χ4v) is 5.59. The number of anilines is 1. The first-order valence-electron chi connectivity index (χ1n) is 14.8. The quantitative estimate of drug-likeness (QED) is 0.0906. The lowest BCUT2D eigenvalue weighted by Gasteiger charge is -2.33. The van der Waals surface area contributed by atoms with Crippen molar-refractivity contribution >= 4 is 36.7 Å². The molecule has 0 unspecified atom stereocenters. The van der Waals surface area contributed by atoms with E-state index in [-0.39, 0.29) is 48.9 Å². The van der Waals surface area contributed by atoms with Crippen molar-refractivity contribution in [1.29, 1.82) is 0 Å². The van der Waals surface area contributed by atoms with Crippen LogP contribution in [0.15, 0.2) is 48.8 Å². The fourth-order valence-electron chi connectivity index (χ4n) is 4.83. The number of nitrogens with one attached hydrogen (secondary N) is 3. The van der Waals surface area contributed by atoms with Crippen LogP contribution in [-0.2, 0) is 16.2 Å². The number of hydrogen-bond acceptors (Lipinski definition) is 6. The third kappa shape index (κ3) is 8.09. The lowest BCUT2D eigenvalue weighted by molar-refractivity contribution is -0.125. The highest BCUT2D eigenvalue weighted by molar-refractivity contribution is 6.76. The molecule has 10 nitrogen and oxygen atoms in total. The van der Waals surface area contributed by atoms with Crippen molar-refractivity contribution in [3.63, 3.8) is 0 Å². The Morgan fingerprint density at radius 1 is 1.09 bits per heavy atom. The SMILES string of the molecule is CNC(=O)c1cc(F)cc(-c2cn(COCC[Si](C)(C)C)c3nccc(Oc4c(F)cc(NC(=O)NCC5(F)COC5)cc4F)c23)c1. The van der Waals surface area contributed by atoms with Crippen LogP contribution in [0.3, 0.4) is 0 Å². The zero-order valence-electron chi connectivity index (χ0n) is 26.3. The Kier molecular flexibility index (Phi) is 9.88. The van der Waals surface area contributed by atoms with Gasteiger partial charge in [0.05, 0.1) is 25.1 Å². The van der Waals surface area contributed by atoms with Crippen molar-refractivity contribution in [2.45, 2.75) is 38.1 Å². The van der Waals surface area contributed by atoms with Gasteiger partial charge in [-0.25, -0.2) is 27.3 Å². The van der Waals surface area contributed by atoms with Crippen LogP contribution in [-0.4, -0.2) is 68.6 Å². The number of nitrogens with zero attached hydrogens (tertiary/aromatic N) is 2. The molecule has 3 heterocycles. The first-order valence-corrected chi connectivity index (χ1v) is 18.5. The Morgan fingerprint density at radius 2 is 1.81 bits per heavy atom. The number of halogens is 4. The number of amides is 3. The van der Waals surface area contributed by atoms with E-state index in [1.54, 1.807) is 10.8 Å². The highest BCUT2D eigenvalue weighted by atomic mass is 28.3. The Hall–Kier alpha value is -4.47. The number of ether oxygens (including phenoxy) is 3. The van der Waals surface area contributed by atoms with E-state index in [0.29, 0.717) is 23.4 Å². The molecule has 15 heteroatoms. The Balaban J connectivity index is 1.48. The summed E-state index contributed by atoms with van der Waals surface area (Å²) in [7, 11) is 0.0453. The molecule has 1 saturated heterocycles. The largest absolute Gasteiger partial charge is 0.450 e. The minimum Gasteiger partial charge on any atom is -0.450 e. The molecule has 5 rings (SSSR count). The van der Waals surface area contributed by atoms with Gasteiger partial charge in [0.2, 0.25) is 0 Å². The number of carbonyl (C=O) groups is 2. The summed E-state index contributed by atoms with van der Waals surface area (Å²) in [6.45, 7) is 6.61. The maximum absolute atomic E-state index is 15.3. The molecule has 4 aromatic rings. The molecule has 1 aliphatic rings. The summed E-state index contributed by atoms with van der Waals surface area (Å²) < 4.78 is 77.7. The maximum atomic E-state index is 15.3. The number of rotatable bonds is 12. The summed E-state index contributed by atoms with van der Waals surface area (Å²) in [6.07, 6.45) is 3.04. The van der Waals surface area contributed by atoms with Gasteiger partial charge in [-0.05, 0) is 35.9 Å². The molecule has 0 atom stereocenters. The summed E-state index contributed by atoms with van der Waals surface area (Å²) in [5.41, 5.74) is -0.856. The monoisotopic (exact) mass is 673 g/mol. The van der Waals surface area contributed by atoms with Crippen molar-refractivity contribution in [1.82, 2.24) is 20.2 Å². The minimum atomic E-state index is -1.69. The van der Waals surface area contributed by atoms with E-state index in [1.807, 2.05) is 0 Å². The molecule has 1 aliphatic heterocycles. The van der Waals surface area contributed by atoms with Gasteiger partial charge >= 0.3 is 6.03 Å². The van der Waals surface area contributed by atoms with Gasteiger partial charge in [-0.3, -0.25) is 4.79 Å². The lowest BCUT2D eigenvalue weighted by Crippen LogP contribution is -2.54. The number of fused-ring (bicyclic) bond motifs is 1. The predicted octanol–water partition coefficient (Wildman–Crippen LogP) is 6.44. The van der Waals surface area contributed by atoms with Gasteiger partial charge in [0, 0.05) is 63.1 Å². The highest BCUT2D eigenvalue weighted by Crippen LogP contribution is 2.40. The number of pyridine rings is 1. The van der Waals surface area contributed by atoms with Crippen molar-refractivity contribution in [3.8, 4) is 22.6 Å². The molecule has 2 aromatic heterocycles. The number of aromatic nitrogens is 2. The normalized spacial score (nSPS) is 14.0. The molecule has 3 amide bonds. The number of carbonyl (C=O) groups excluding carboxylic acids is 2. The van der Waals surface area contributed by atoms with Crippen molar-refractivity contribution in [3.05, 3.63) is 71.8 Å². The standard InChI is InChI=1S/C32H35F4N5O5Si/c1-37-30(42)20-9-19(10-21(33)11-20)23-14-41(18-44-7-8-47(2,3)4)29-27(23)26(5-6-38-29)46-28-24(34)12-22(13-25(28)35)40-31(43)39-15-32(36)16-45-17-32/h5-6,9-14H,7-8,15-18H2,1-4H3,(H,37,42)(H2,39,40,43). The van der Waals surface area contributed by atoms with Crippen LogP contribution < -0.4 is 20.7 Å². The third-order valence-corrected chi connectivity index (χ3v) is 9.10. The molecule has 47 heavy (non-hydrogen) atoms. The van der Waals surface area contributed by atoms with Gasteiger partial charge < -0.3 is 34.7 Å². The van der Waals surface area contributed by atoms with Gasteiger partial charge in [-0.1, -0.05) is 19.6 Å². The molecular weight excluding hydrogens is 638 g/mol. The molecule has 250 valence electrons. The maximum Gasteiger partial charge on any atom is 0.319 e. The van der Waals surface area contributed by atoms with Crippen LogP contribution in [0, 0.1) is 17.5 Å². The Labute approximate surface area is 269 Å². The molecule has 3 N–H and O–H groups in total. The second-order valence-corrected chi connectivity index (χ2v) is 18.1. The van der Waals surface area contributed by atoms with E-state index in [2.05, 4.69) is 40.6 Å². The van der Waals surface area contributed by atoms with E-state index >= 15 is 8.78 Å². The number of urea groups is 1. The van der Waals surface area contributed by atoms with Gasteiger partial charge in [-0.2, -0.15) is 0 Å². The van der Waals surface area contributed by atoms with Gasteiger partial charge in [0.1, 0.15) is 23.9 Å². The molecule has 0 radical (unpaired) electrons. The van der Waals surface area contributed by atoms with Crippen molar-refractivity contribution < 1.29 is 41.4 Å². The van der Waals surface area contributed by atoms with Gasteiger partial charge in [0.15, 0.2) is 23.1 Å². The zero-order valence-corrected chi connectivity index (χ0v) is 27.3. The van der Waals surface area contributed by atoms with Crippen molar-refractivity contribution in [2.75, 3.05) is 38.7 Å². The summed E-state index contributed by atoms with van der Waals surface area (Å²) in [5, 5.41) is 7.33. The molecule has 0 bridgehead atoms. The predicted molar refractivity (Wildman–Crippen MR) is 171 cm³/mol. The summed E-state index contributed by atoms with van der Waals surface area (Å²) >= 11 is 0. The second-order valence-electron chi connectivity index (χ2n) is 12.5. The van der Waals surface area contributed by atoms with E-state index in [4.69, 9.17) is 14.2 Å². The summed E-state index contributed by atoms with van der Waals surface area (Å²) in [4.78, 5) is 29.0. The summed E-state index contributed by atoms with van der Waals surface area (Å²) in [6, 6.07) is 6.97. The highest BCUT2D eigenvalue weighted by Gasteiger charge is 2.39. The van der Waals surface area contributed by atoms with E-state index in [0.717, 1.165) is 24.2 Å². The van der Waals surface area contributed by atoms with Crippen LogP contribution in [0.2, 0.25) is 25.7 Å². The Bertz CT molecular complexity index is 1790. The average molecular weight is 674 g/mol. The Morgan fingerprint density at radius 3 is 2.45 bits per heavy atom. The number of alkyl halides is 1. The second kappa shape index (κ2) is 13.7. The van der Waals surface area contributed by atoms with Crippen LogP contribution >= 0.6 is 0 Å². The molecule has 0 aliphatic carbocycles. The molecule has 1 fully saturated rings. The smallest absolute Gasteiger partial charge is 0.319 e. The number of hydrogen-bond donors (Lipinski definition) is 3. The van der Waals surface area contributed by atoms with E-state index in [1.165, 1.54) is 31.4 Å². The summed E-state index contributed by atoms with van der Waals surface area (Å²) in [5.74, 6) is -4.24. The van der Waals surface area contributed by atoms with Gasteiger partial charge in [-0.15, -0.1) is 0 Å². The first-order chi connectivity index (χ1) is 22.2. The van der Waals surface area contributed by atoms with E-state index < -0.39 is 48.9 Å². The fraction of sp³-hybridized carbons (Fsp3) is 0.344. The zero-order chi connectivity index (χ0) is 33.9. The minimum absolute atomic E-state index is 0.0104. The third-order valence-electron chi connectivity index (χ3n) is 7.40. The number of benzene rings is 2. The van der Waals surface area contributed by atoms with Crippen LogP contribution in [0.5, 0.6) is 11.5 Å². The van der Waals surface area contributed by atoms with Crippen LogP contribution in [0.1, 0.15) is 10.4 Å². The van der Waals surface area contributed by atoms with E-state index in [9.17, 15) is 18.4 Å². The average Bonchev–Trinajstić information content (AvgIpc) is 3.37. The van der Waals surface area contributed by atoms with Crippen LogP contribution in [0.4, 0.5) is 28.0 Å². The molecule has 0 spiro atoms. The topological polar surface area (TPSA) is 116 Å². The molecular formula is C32H35F4N5O5Si.